The van der Waals surface area contributed by atoms with Crippen LogP contribution in [0.3, 0.4) is 0 Å². The maximum absolute atomic E-state index is 11.9. The van der Waals surface area contributed by atoms with Gasteiger partial charge in [0.1, 0.15) is 6.04 Å². The molecule has 0 heterocycles. The van der Waals surface area contributed by atoms with Gasteiger partial charge in [0.25, 0.3) is 0 Å². The Morgan fingerprint density at radius 3 is 2.28 bits per heavy atom. The van der Waals surface area contributed by atoms with Crippen LogP contribution in [0.4, 0.5) is 5.69 Å². The second kappa shape index (κ2) is 5.80. The van der Waals surface area contributed by atoms with E-state index < -0.39 is 6.04 Å². The Morgan fingerprint density at radius 1 is 1.06 bits per heavy atom. The van der Waals surface area contributed by atoms with E-state index in [-0.39, 0.29) is 5.91 Å². The van der Waals surface area contributed by atoms with Crippen molar-refractivity contribution < 1.29 is 4.79 Å². The van der Waals surface area contributed by atoms with Gasteiger partial charge in [-0.05, 0) is 29.8 Å². The molecule has 0 fully saturated rings. The monoisotopic (exact) mass is 304 g/mol. The molecule has 0 radical (unpaired) electrons. The summed E-state index contributed by atoms with van der Waals surface area (Å²) in [6.45, 7) is 0. The fourth-order valence-electron chi connectivity index (χ4n) is 1.56. The van der Waals surface area contributed by atoms with E-state index >= 15 is 0 Å². The van der Waals surface area contributed by atoms with Crippen molar-refractivity contribution in [2.75, 3.05) is 5.32 Å². The molecule has 3 N–H and O–H groups in total. The van der Waals surface area contributed by atoms with Gasteiger partial charge < -0.3 is 11.1 Å². The predicted octanol–water partition coefficient (Wildman–Crippen LogP) is 3.09. The number of carbonyl (C=O) groups excluding carboxylic acids is 1. The molecule has 0 aliphatic heterocycles. The summed E-state index contributed by atoms with van der Waals surface area (Å²) in [4.78, 5) is 11.9. The summed E-state index contributed by atoms with van der Waals surface area (Å²) in [5.74, 6) is -0.219. The summed E-state index contributed by atoms with van der Waals surface area (Å²) in [6.07, 6.45) is 0. The highest BCUT2D eigenvalue weighted by molar-refractivity contribution is 9.10. The zero-order valence-electron chi connectivity index (χ0n) is 9.64. The largest absolute Gasteiger partial charge is 0.324 e. The van der Waals surface area contributed by atoms with E-state index in [0.29, 0.717) is 0 Å². The van der Waals surface area contributed by atoms with E-state index in [2.05, 4.69) is 21.2 Å². The van der Waals surface area contributed by atoms with Gasteiger partial charge in [-0.3, -0.25) is 4.79 Å². The van der Waals surface area contributed by atoms with E-state index in [9.17, 15) is 4.79 Å². The van der Waals surface area contributed by atoms with Gasteiger partial charge in [-0.15, -0.1) is 0 Å². The normalized spacial score (nSPS) is 11.9. The molecule has 1 atom stereocenters. The van der Waals surface area contributed by atoms with E-state index in [1.165, 1.54) is 0 Å². The van der Waals surface area contributed by atoms with Gasteiger partial charge in [-0.25, -0.2) is 0 Å². The van der Waals surface area contributed by atoms with Crippen LogP contribution in [0.15, 0.2) is 59.1 Å². The van der Waals surface area contributed by atoms with Gasteiger partial charge in [-0.2, -0.15) is 0 Å². The van der Waals surface area contributed by atoms with Crippen LogP contribution in [0.1, 0.15) is 11.6 Å². The zero-order chi connectivity index (χ0) is 13.0. The number of nitrogens with one attached hydrogen (secondary N) is 1. The van der Waals surface area contributed by atoms with Crippen LogP contribution < -0.4 is 11.1 Å². The van der Waals surface area contributed by atoms with Crippen LogP contribution in [0.5, 0.6) is 0 Å². The number of nitrogens with two attached hydrogens (primary N) is 1. The molecule has 0 aromatic heterocycles. The van der Waals surface area contributed by atoms with Crippen LogP contribution in [-0.2, 0) is 4.79 Å². The first-order valence-electron chi connectivity index (χ1n) is 5.54. The highest BCUT2D eigenvalue weighted by atomic mass is 79.9. The molecular formula is C14H13BrN2O. The zero-order valence-corrected chi connectivity index (χ0v) is 11.2. The second-order valence-corrected chi connectivity index (χ2v) is 4.80. The third kappa shape index (κ3) is 3.18. The molecule has 2 aromatic rings. The first kappa shape index (κ1) is 12.8. The Kier molecular flexibility index (Phi) is 4.12. The van der Waals surface area contributed by atoms with Crippen LogP contribution in [-0.4, -0.2) is 5.91 Å². The van der Waals surface area contributed by atoms with Gasteiger partial charge in [0.05, 0.1) is 0 Å². The maximum atomic E-state index is 11.9. The number of hydrogen-bond donors (Lipinski definition) is 2. The fraction of sp³-hybridized carbons (Fsp3) is 0.0714. The predicted molar refractivity (Wildman–Crippen MR) is 76.1 cm³/mol. The van der Waals surface area contributed by atoms with Crippen molar-refractivity contribution in [2.45, 2.75) is 6.04 Å². The maximum Gasteiger partial charge on any atom is 0.245 e. The van der Waals surface area contributed by atoms with Crippen molar-refractivity contribution in [1.82, 2.24) is 0 Å². The number of carbonyl (C=O) groups is 1. The quantitative estimate of drug-likeness (QED) is 0.915. The summed E-state index contributed by atoms with van der Waals surface area (Å²) in [5.41, 5.74) is 7.42. The molecule has 0 saturated carbocycles. The standard InChI is InChI=1S/C14H13BrN2O/c15-11-6-8-12(9-7-11)17-14(18)13(16)10-4-2-1-3-5-10/h1-9,13H,16H2,(H,17,18)/t13-/m1/s1. The summed E-state index contributed by atoms with van der Waals surface area (Å²) < 4.78 is 0.966. The Labute approximate surface area is 114 Å². The Balaban J connectivity index is 2.06. The minimum atomic E-state index is -0.658. The minimum Gasteiger partial charge on any atom is -0.324 e. The van der Waals surface area contributed by atoms with Crippen molar-refractivity contribution in [3.63, 3.8) is 0 Å². The molecule has 2 aromatic carbocycles. The number of rotatable bonds is 3. The van der Waals surface area contributed by atoms with Crippen LogP contribution in [0.25, 0.3) is 0 Å². The number of amides is 1. The van der Waals surface area contributed by atoms with Gasteiger partial charge >= 0.3 is 0 Å². The Morgan fingerprint density at radius 2 is 1.67 bits per heavy atom. The van der Waals surface area contributed by atoms with Gasteiger partial charge in [0.2, 0.25) is 5.91 Å². The molecule has 0 saturated heterocycles. The summed E-state index contributed by atoms with van der Waals surface area (Å²) in [6, 6.07) is 16.0. The third-order valence-corrected chi connectivity index (χ3v) is 3.08. The number of benzene rings is 2. The number of halogens is 1. The Hall–Kier alpha value is -1.65. The van der Waals surface area contributed by atoms with Gasteiger partial charge in [0, 0.05) is 10.2 Å². The van der Waals surface area contributed by atoms with E-state index in [1.807, 2.05) is 54.6 Å². The highest BCUT2D eigenvalue weighted by Gasteiger charge is 2.15. The second-order valence-electron chi connectivity index (χ2n) is 3.88. The average molecular weight is 305 g/mol. The molecule has 3 nitrogen and oxygen atoms in total. The molecule has 4 heteroatoms. The molecule has 92 valence electrons. The minimum absolute atomic E-state index is 0.219. The molecule has 0 bridgehead atoms. The third-order valence-electron chi connectivity index (χ3n) is 2.55. The van der Waals surface area contributed by atoms with E-state index in [0.717, 1.165) is 15.7 Å². The molecular weight excluding hydrogens is 292 g/mol. The number of hydrogen-bond acceptors (Lipinski definition) is 2. The van der Waals surface area contributed by atoms with Crippen LogP contribution >= 0.6 is 15.9 Å². The number of anilines is 1. The summed E-state index contributed by atoms with van der Waals surface area (Å²) in [5, 5.41) is 2.78. The lowest BCUT2D eigenvalue weighted by Gasteiger charge is -2.12. The van der Waals surface area contributed by atoms with Crippen molar-refractivity contribution in [2.24, 2.45) is 5.73 Å². The molecule has 0 aliphatic rings. The SMILES string of the molecule is N[C@@H](C(=O)Nc1ccc(Br)cc1)c1ccccc1. The summed E-state index contributed by atoms with van der Waals surface area (Å²) in [7, 11) is 0. The molecule has 0 aliphatic carbocycles. The molecule has 2 rings (SSSR count). The smallest absolute Gasteiger partial charge is 0.245 e. The molecule has 18 heavy (non-hydrogen) atoms. The lowest BCUT2D eigenvalue weighted by molar-refractivity contribution is -0.117. The first-order chi connectivity index (χ1) is 8.66. The summed E-state index contributed by atoms with van der Waals surface area (Å²) >= 11 is 3.34. The fourth-order valence-corrected chi connectivity index (χ4v) is 1.83. The van der Waals surface area contributed by atoms with Crippen LogP contribution in [0.2, 0.25) is 0 Å². The highest BCUT2D eigenvalue weighted by Crippen LogP contribution is 2.16. The van der Waals surface area contributed by atoms with Gasteiger partial charge in [-0.1, -0.05) is 46.3 Å². The lowest BCUT2D eigenvalue weighted by Crippen LogP contribution is -2.27. The topological polar surface area (TPSA) is 55.1 Å². The average Bonchev–Trinajstić information content (AvgIpc) is 2.41. The molecule has 0 unspecified atom stereocenters. The molecule has 0 spiro atoms. The van der Waals surface area contributed by atoms with Gasteiger partial charge in [0.15, 0.2) is 0 Å². The van der Waals surface area contributed by atoms with Crippen molar-refractivity contribution in [3.05, 3.63) is 64.6 Å². The Bertz CT molecular complexity index is 525. The van der Waals surface area contributed by atoms with Crippen molar-refractivity contribution >= 4 is 27.5 Å². The lowest BCUT2D eigenvalue weighted by atomic mass is 10.1. The van der Waals surface area contributed by atoms with Crippen LogP contribution in [0, 0.1) is 0 Å². The van der Waals surface area contributed by atoms with Crippen molar-refractivity contribution in [1.29, 1.82) is 0 Å². The van der Waals surface area contributed by atoms with E-state index in [4.69, 9.17) is 5.73 Å². The molecule has 1 amide bonds. The van der Waals surface area contributed by atoms with E-state index in [1.54, 1.807) is 0 Å². The van der Waals surface area contributed by atoms with Crippen molar-refractivity contribution in [3.8, 4) is 0 Å². The first-order valence-corrected chi connectivity index (χ1v) is 6.33.